The highest BCUT2D eigenvalue weighted by Crippen LogP contribution is 2.26. The van der Waals surface area contributed by atoms with Crippen LogP contribution >= 0.6 is 0 Å². The summed E-state index contributed by atoms with van der Waals surface area (Å²) in [7, 11) is 0. The average molecular weight is 238 g/mol. The third-order valence-electron chi connectivity index (χ3n) is 2.03. The normalized spacial score (nSPS) is 23.2. The van der Waals surface area contributed by atoms with Gasteiger partial charge in [-0.15, -0.1) is 0 Å². The van der Waals surface area contributed by atoms with Gasteiger partial charge in [0.2, 0.25) is 0 Å². The van der Waals surface area contributed by atoms with E-state index in [1.165, 1.54) is 0 Å². The molecule has 1 fully saturated rings. The molecule has 0 bridgehead atoms. The van der Waals surface area contributed by atoms with Gasteiger partial charge < -0.3 is 15.8 Å². The van der Waals surface area contributed by atoms with Gasteiger partial charge in [0, 0.05) is 19.0 Å². The second kappa shape index (κ2) is 6.10. The van der Waals surface area contributed by atoms with Gasteiger partial charge in [-0.3, -0.25) is 4.79 Å². The zero-order valence-corrected chi connectivity index (χ0v) is 9.93. The Bertz CT molecular complexity index is 217. The van der Waals surface area contributed by atoms with E-state index >= 15 is 0 Å². The molecule has 1 saturated heterocycles. The Labute approximate surface area is 94.5 Å². The maximum absolute atomic E-state index is 12.5. The summed E-state index contributed by atoms with van der Waals surface area (Å²) >= 11 is 0. The largest absolute Gasteiger partial charge is 0.462 e. The highest BCUT2D eigenvalue weighted by atomic mass is 19.3. The molecule has 4 nitrogen and oxygen atoms in total. The van der Waals surface area contributed by atoms with E-state index in [2.05, 4.69) is 10.1 Å². The van der Waals surface area contributed by atoms with Crippen molar-refractivity contribution in [2.45, 2.75) is 32.3 Å². The summed E-state index contributed by atoms with van der Waals surface area (Å²) in [6.07, 6.45) is 0. The van der Waals surface area contributed by atoms with E-state index in [4.69, 9.17) is 5.73 Å². The summed E-state index contributed by atoms with van der Waals surface area (Å²) in [6.45, 7) is 6.13. The number of alkyl halides is 2. The molecule has 0 radical (unpaired) electrons. The first-order valence-corrected chi connectivity index (χ1v) is 5.13. The lowest BCUT2D eigenvalue weighted by atomic mass is 10.1. The molecule has 1 atom stereocenters. The molecule has 0 saturated carbocycles. The minimum absolute atomic E-state index is 0.0694. The standard InChI is InChI=1S/C5H10F2N2.C5H10O2/c6-5(7)3-9-2-4(5)1-8;1-5(2,3)7-4-6/h4,9H,1-3,8H2;4H,1-3H3. The summed E-state index contributed by atoms with van der Waals surface area (Å²) in [6, 6.07) is 0. The van der Waals surface area contributed by atoms with E-state index in [1.807, 2.05) is 20.8 Å². The SMILES string of the molecule is CC(C)(C)OC=O.NCC1CNCC1(F)F. The van der Waals surface area contributed by atoms with Crippen molar-refractivity contribution in [3.05, 3.63) is 0 Å². The van der Waals surface area contributed by atoms with Gasteiger partial charge in [0.05, 0.1) is 6.54 Å². The molecule has 0 amide bonds. The van der Waals surface area contributed by atoms with Gasteiger partial charge in [-0.25, -0.2) is 8.78 Å². The van der Waals surface area contributed by atoms with Crippen LogP contribution in [0.1, 0.15) is 20.8 Å². The molecule has 0 aliphatic carbocycles. The maximum Gasteiger partial charge on any atom is 0.293 e. The van der Waals surface area contributed by atoms with Gasteiger partial charge in [-0.05, 0) is 20.8 Å². The fourth-order valence-corrected chi connectivity index (χ4v) is 1.11. The number of nitrogens with one attached hydrogen (secondary N) is 1. The van der Waals surface area contributed by atoms with E-state index < -0.39 is 11.8 Å². The van der Waals surface area contributed by atoms with Crippen LogP contribution in [0.2, 0.25) is 0 Å². The predicted molar refractivity (Wildman–Crippen MR) is 57.3 cm³/mol. The number of hydrogen-bond donors (Lipinski definition) is 2. The first kappa shape index (κ1) is 15.2. The summed E-state index contributed by atoms with van der Waals surface area (Å²) in [4.78, 5) is 9.60. The van der Waals surface area contributed by atoms with Gasteiger partial charge in [-0.2, -0.15) is 0 Å². The zero-order chi connectivity index (χ0) is 12.8. The molecular weight excluding hydrogens is 218 g/mol. The topological polar surface area (TPSA) is 64.3 Å². The molecule has 6 heteroatoms. The molecule has 0 aromatic carbocycles. The number of carbonyl (C=O) groups excluding carboxylic acids is 1. The second-order valence-corrected chi connectivity index (χ2v) is 4.65. The van der Waals surface area contributed by atoms with E-state index in [9.17, 15) is 13.6 Å². The van der Waals surface area contributed by atoms with Gasteiger partial charge in [0.1, 0.15) is 5.60 Å². The molecule has 0 aromatic heterocycles. The van der Waals surface area contributed by atoms with Crippen LogP contribution in [0.3, 0.4) is 0 Å². The van der Waals surface area contributed by atoms with Crippen molar-refractivity contribution in [1.82, 2.24) is 5.32 Å². The number of ether oxygens (including phenoxy) is 1. The van der Waals surface area contributed by atoms with Crippen molar-refractivity contribution in [1.29, 1.82) is 0 Å². The molecule has 16 heavy (non-hydrogen) atoms. The Balaban J connectivity index is 0.000000293. The summed E-state index contributed by atoms with van der Waals surface area (Å²) in [5.41, 5.74) is 4.77. The van der Waals surface area contributed by atoms with Gasteiger partial charge in [0.25, 0.3) is 12.4 Å². The zero-order valence-electron chi connectivity index (χ0n) is 9.93. The van der Waals surface area contributed by atoms with Crippen molar-refractivity contribution in [3.63, 3.8) is 0 Å². The average Bonchev–Trinajstić information content (AvgIpc) is 2.43. The Morgan fingerprint density at radius 1 is 1.56 bits per heavy atom. The Hall–Kier alpha value is -0.750. The summed E-state index contributed by atoms with van der Waals surface area (Å²) < 4.78 is 29.5. The van der Waals surface area contributed by atoms with Crippen LogP contribution in [-0.4, -0.2) is 37.6 Å². The van der Waals surface area contributed by atoms with Crippen LogP contribution in [0.5, 0.6) is 0 Å². The number of hydrogen-bond acceptors (Lipinski definition) is 4. The van der Waals surface area contributed by atoms with E-state index in [-0.39, 0.29) is 18.7 Å². The molecule has 96 valence electrons. The summed E-state index contributed by atoms with van der Waals surface area (Å²) in [5, 5.41) is 2.58. The number of nitrogens with two attached hydrogens (primary N) is 1. The molecule has 1 heterocycles. The molecule has 0 spiro atoms. The third kappa shape index (κ3) is 5.97. The van der Waals surface area contributed by atoms with Crippen molar-refractivity contribution in [3.8, 4) is 0 Å². The van der Waals surface area contributed by atoms with Crippen LogP contribution in [0.15, 0.2) is 0 Å². The van der Waals surface area contributed by atoms with Gasteiger partial charge in [-0.1, -0.05) is 0 Å². The molecule has 0 aromatic rings. The van der Waals surface area contributed by atoms with Gasteiger partial charge in [0.15, 0.2) is 0 Å². The smallest absolute Gasteiger partial charge is 0.293 e. The monoisotopic (exact) mass is 238 g/mol. The fraction of sp³-hybridized carbons (Fsp3) is 0.900. The van der Waals surface area contributed by atoms with Crippen molar-refractivity contribution in [2.24, 2.45) is 11.7 Å². The van der Waals surface area contributed by atoms with Crippen LogP contribution in [0.25, 0.3) is 0 Å². The first-order chi connectivity index (χ1) is 7.23. The number of halogens is 2. The number of rotatable bonds is 2. The second-order valence-electron chi connectivity index (χ2n) is 4.65. The van der Waals surface area contributed by atoms with E-state index in [1.54, 1.807) is 0 Å². The summed E-state index contributed by atoms with van der Waals surface area (Å²) in [5.74, 6) is -3.23. The minimum atomic E-state index is -2.57. The van der Waals surface area contributed by atoms with Crippen LogP contribution in [0, 0.1) is 5.92 Å². The predicted octanol–water partition coefficient (Wildman–Crippen LogP) is 0.758. The maximum atomic E-state index is 12.5. The van der Waals surface area contributed by atoms with E-state index in [0.29, 0.717) is 13.0 Å². The number of carbonyl (C=O) groups is 1. The van der Waals surface area contributed by atoms with Crippen LogP contribution in [-0.2, 0) is 9.53 Å². The van der Waals surface area contributed by atoms with Crippen LogP contribution < -0.4 is 11.1 Å². The molecule has 1 unspecified atom stereocenters. The molecule has 3 N–H and O–H groups in total. The van der Waals surface area contributed by atoms with E-state index in [0.717, 1.165) is 0 Å². The lowest BCUT2D eigenvalue weighted by Crippen LogP contribution is -2.32. The Morgan fingerprint density at radius 3 is 2.25 bits per heavy atom. The van der Waals surface area contributed by atoms with Crippen molar-refractivity contribution >= 4 is 6.47 Å². The fourth-order valence-electron chi connectivity index (χ4n) is 1.11. The van der Waals surface area contributed by atoms with Gasteiger partial charge >= 0.3 is 0 Å². The third-order valence-corrected chi connectivity index (χ3v) is 2.03. The minimum Gasteiger partial charge on any atom is -0.462 e. The lowest BCUT2D eigenvalue weighted by molar-refractivity contribution is -0.138. The van der Waals surface area contributed by atoms with Crippen molar-refractivity contribution in [2.75, 3.05) is 19.6 Å². The lowest BCUT2D eigenvalue weighted by Gasteiger charge is -2.14. The van der Waals surface area contributed by atoms with Crippen molar-refractivity contribution < 1.29 is 18.3 Å². The Morgan fingerprint density at radius 2 is 2.12 bits per heavy atom. The molecule has 1 rings (SSSR count). The highest BCUT2D eigenvalue weighted by Gasteiger charge is 2.42. The highest BCUT2D eigenvalue weighted by molar-refractivity contribution is 5.37. The molecule has 1 aliphatic heterocycles. The quantitative estimate of drug-likeness (QED) is 0.697. The first-order valence-electron chi connectivity index (χ1n) is 5.13. The molecule has 1 aliphatic rings. The van der Waals surface area contributed by atoms with Crippen LogP contribution in [0.4, 0.5) is 8.78 Å². The molecular formula is C10H20F2N2O2. The Kier molecular flexibility index (Phi) is 5.81.